The Hall–Kier alpha value is -0.980. The smallest absolute Gasteiger partial charge is 0.308 e. The highest BCUT2D eigenvalue weighted by atomic mass is 32.1. The van der Waals surface area contributed by atoms with Crippen LogP contribution in [-0.2, 0) is 24.2 Å². The number of nitrogens with zero attached hydrogens (tertiary/aromatic N) is 3. The van der Waals surface area contributed by atoms with Crippen molar-refractivity contribution >= 4 is 17.3 Å². The second-order valence-corrected chi connectivity index (χ2v) is 6.15. The van der Waals surface area contributed by atoms with E-state index in [2.05, 4.69) is 21.8 Å². The molecule has 0 atom stereocenters. The summed E-state index contributed by atoms with van der Waals surface area (Å²) < 4.78 is 0. The summed E-state index contributed by atoms with van der Waals surface area (Å²) in [6.45, 7) is 7.19. The van der Waals surface area contributed by atoms with Crippen molar-refractivity contribution in [1.82, 2.24) is 14.8 Å². The largest absolute Gasteiger partial charge is 0.481 e. The number of carboxylic acids is 1. The number of likely N-dealkylation sites (N-methyl/N-ethyl adjacent to an activating group) is 1. The highest BCUT2D eigenvalue weighted by molar-refractivity contribution is 7.11. The van der Waals surface area contributed by atoms with Crippen LogP contribution in [0.4, 0.5) is 0 Å². The van der Waals surface area contributed by atoms with Crippen molar-refractivity contribution < 1.29 is 9.90 Å². The lowest BCUT2D eigenvalue weighted by molar-refractivity contribution is -0.136. The zero-order valence-corrected chi connectivity index (χ0v) is 12.4. The third-order valence-electron chi connectivity index (χ3n) is 3.42. The summed E-state index contributed by atoms with van der Waals surface area (Å²) in [5.41, 5.74) is 0.955. The van der Waals surface area contributed by atoms with Crippen LogP contribution < -0.4 is 0 Å². The van der Waals surface area contributed by atoms with E-state index in [0.717, 1.165) is 54.7 Å². The molecule has 0 unspecified atom stereocenters. The average Bonchev–Trinajstić information content (AvgIpc) is 2.73. The van der Waals surface area contributed by atoms with Gasteiger partial charge in [0.25, 0.3) is 0 Å². The number of hydrogen-bond donors (Lipinski definition) is 1. The second kappa shape index (κ2) is 6.45. The minimum Gasteiger partial charge on any atom is -0.481 e. The fourth-order valence-electron chi connectivity index (χ4n) is 2.25. The summed E-state index contributed by atoms with van der Waals surface area (Å²) in [6.07, 6.45) is 0.908. The minimum atomic E-state index is -0.774. The molecule has 19 heavy (non-hydrogen) atoms. The lowest BCUT2D eigenvalue weighted by atomic mass is 10.2. The number of thiazole rings is 1. The van der Waals surface area contributed by atoms with E-state index in [1.165, 1.54) is 0 Å². The van der Waals surface area contributed by atoms with Crippen molar-refractivity contribution in [2.75, 3.05) is 33.2 Å². The van der Waals surface area contributed by atoms with Crippen molar-refractivity contribution in [2.24, 2.45) is 0 Å². The molecule has 2 heterocycles. The molecule has 0 saturated carbocycles. The van der Waals surface area contributed by atoms with Gasteiger partial charge in [-0.15, -0.1) is 11.3 Å². The van der Waals surface area contributed by atoms with Gasteiger partial charge >= 0.3 is 5.97 Å². The SMILES string of the molecule is CCc1nc(CN2CCN(C)CC2)sc1CC(=O)O. The zero-order valence-electron chi connectivity index (χ0n) is 11.6. The topological polar surface area (TPSA) is 56.7 Å². The summed E-state index contributed by atoms with van der Waals surface area (Å²) in [4.78, 5) is 21.1. The maximum atomic E-state index is 10.8. The third-order valence-corrected chi connectivity index (χ3v) is 4.51. The van der Waals surface area contributed by atoms with Crippen LogP contribution in [0.15, 0.2) is 0 Å². The summed E-state index contributed by atoms with van der Waals surface area (Å²) in [7, 11) is 2.14. The maximum Gasteiger partial charge on any atom is 0.308 e. The van der Waals surface area contributed by atoms with Crippen molar-refractivity contribution in [2.45, 2.75) is 26.3 Å². The fraction of sp³-hybridized carbons (Fsp3) is 0.692. The van der Waals surface area contributed by atoms with E-state index in [0.29, 0.717) is 0 Å². The van der Waals surface area contributed by atoms with Gasteiger partial charge < -0.3 is 10.0 Å². The number of piperazine rings is 1. The number of rotatable bonds is 5. The molecule has 1 N–H and O–H groups in total. The van der Waals surface area contributed by atoms with E-state index < -0.39 is 5.97 Å². The van der Waals surface area contributed by atoms with Crippen molar-refractivity contribution in [3.8, 4) is 0 Å². The maximum absolute atomic E-state index is 10.8. The van der Waals surface area contributed by atoms with Crippen LogP contribution in [0.1, 0.15) is 22.5 Å². The van der Waals surface area contributed by atoms with Crippen LogP contribution >= 0.6 is 11.3 Å². The Balaban J connectivity index is 2.00. The van der Waals surface area contributed by atoms with Crippen LogP contribution in [0.2, 0.25) is 0 Å². The minimum absolute atomic E-state index is 0.101. The highest BCUT2D eigenvalue weighted by Gasteiger charge is 2.18. The molecular weight excluding hydrogens is 262 g/mol. The monoisotopic (exact) mass is 283 g/mol. The first-order valence-corrected chi connectivity index (χ1v) is 7.50. The van der Waals surface area contributed by atoms with Crippen LogP contribution in [0, 0.1) is 0 Å². The average molecular weight is 283 g/mol. The van der Waals surface area contributed by atoms with Gasteiger partial charge in [0.05, 0.1) is 18.7 Å². The number of carbonyl (C=O) groups is 1. The highest BCUT2D eigenvalue weighted by Crippen LogP contribution is 2.21. The van der Waals surface area contributed by atoms with E-state index in [4.69, 9.17) is 5.11 Å². The van der Waals surface area contributed by atoms with Gasteiger partial charge in [-0.1, -0.05) is 6.92 Å². The van der Waals surface area contributed by atoms with E-state index in [9.17, 15) is 4.79 Å². The molecule has 6 heteroatoms. The zero-order chi connectivity index (χ0) is 13.8. The summed E-state index contributed by atoms with van der Waals surface area (Å²) in [5, 5.41) is 9.96. The summed E-state index contributed by atoms with van der Waals surface area (Å²) >= 11 is 1.56. The lowest BCUT2D eigenvalue weighted by Gasteiger charge is -2.31. The van der Waals surface area contributed by atoms with Crippen LogP contribution in [0.5, 0.6) is 0 Å². The van der Waals surface area contributed by atoms with Crippen molar-refractivity contribution in [3.05, 3.63) is 15.6 Å². The molecule has 1 fully saturated rings. The number of carboxylic acid groups (broad SMARTS) is 1. The number of aryl methyl sites for hydroxylation is 1. The molecule has 5 nitrogen and oxygen atoms in total. The molecule has 0 spiro atoms. The molecular formula is C13H21N3O2S. The molecule has 1 aromatic heterocycles. The van der Waals surface area contributed by atoms with Gasteiger partial charge in [-0.2, -0.15) is 0 Å². The van der Waals surface area contributed by atoms with E-state index in [1.807, 2.05) is 6.92 Å². The second-order valence-electron chi connectivity index (χ2n) is 4.98. The van der Waals surface area contributed by atoms with Gasteiger partial charge in [-0.3, -0.25) is 9.69 Å². The molecule has 0 amide bonds. The van der Waals surface area contributed by atoms with Crippen molar-refractivity contribution in [1.29, 1.82) is 0 Å². The molecule has 0 bridgehead atoms. The quantitative estimate of drug-likeness (QED) is 0.876. The first kappa shape index (κ1) is 14.4. The molecule has 0 radical (unpaired) electrons. The Morgan fingerprint density at radius 2 is 2.05 bits per heavy atom. The molecule has 1 aromatic rings. The van der Waals surface area contributed by atoms with Crippen LogP contribution in [-0.4, -0.2) is 59.1 Å². The molecule has 1 aliphatic rings. The van der Waals surface area contributed by atoms with Gasteiger partial charge in [-0.25, -0.2) is 4.98 Å². The molecule has 106 valence electrons. The summed E-state index contributed by atoms with van der Waals surface area (Å²) in [5.74, 6) is -0.774. The first-order chi connectivity index (χ1) is 9.08. The Labute approximate surface area is 117 Å². The van der Waals surface area contributed by atoms with Gasteiger partial charge in [0.2, 0.25) is 0 Å². The van der Waals surface area contributed by atoms with Gasteiger partial charge in [0, 0.05) is 31.1 Å². The number of aliphatic carboxylic acids is 1. The van der Waals surface area contributed by atoms with Gasteiger partial charge in [0.15, 0.2) is 0 Å². The predicted octanol–water partition coefficient (Wildman–Crippen LogP) is 1.08. The Morgan fingerprint density at radius 3 is 2.63 bits per heavy atom. The number of aromatic nitrogens is 1. The summed E-state index contributed by atoms with van der Waals surface area (Å²) in [6, 6.07) is 0. The van der Waals surface area contributed by atoms with Gasteiger partial charge in [-0.05, 0) is 13.5 Å². The van der Waals surface area contributed by atoms with E-state index >= 15 is 0 Å². The van der Waals surface area contributed by atoms with E-state index in [-0.39, 0.29) is 6.42 Å². The normalized spacial score (nSPS) is 17.8. The Kier molecular flexibility index (Phi) is 4.90. The van der Waals surface area contributed by atoms with E-state index in [1.54, 1.807) is 11.3 Å². The standard InChI is InChI=1S/C13H21N3O2S/c1-3-10-11(8-13(17)18)19-12(14-10)9-16-6-4-15(2)5-7-16/h3-9H2,1-2H3,(H,17,18). The third kappa shape index (κ3) is 3.99. The van der Waals surface area contributed by atoms with Crippen LogP contribution in [0.3, 0.4) is 0 Å². The number of hydrogen-bond acceptors (Lipinski definition) is 5. The van der Waals surface area contributed by atoms with Gasteiger partial charge in [0.1, 0.15) is 5.01 Å². The lowest BCUT2D eigenvalue weighted by Crippen LogP contribution is -2.43. The fourth-order valence-corrected chi connectivity index (χ4v) is 3.44. The molecule has 1 saturated heterocycles. The Bertz CT molecular complexity index is 439. The predicted molar refractivity (Wildman–Crippen MR) is 75.6 cm³/mol. The molecule has 0 aliphatic carbocycles. The Morgan fingerprint density at radius 1 is 1.37 bits per heavy atom. The van der Waals surface area contributed by atoms with Crippen LogP contribution in [0.25, 0.3) is 0 Å². The van der Waals surface area contributed by atoms with Crippen molar-refractivity contribution in [3.63, 3.8) is 0 Å². The molecule has 0 aromatic carbocycles. The molecule has 1 aliphatic heterocycles. The first-order valence-electron chi connectivity index (χ1n) is 6.68. The molecule has 2 rings (SSSR count).